The summed E-state index contributed by atoms with van der Waals surface area (Å²) in [6.07, 6.45) is 0.884. The molecule has 0 atom stereocenters. The molecule has 0 radical (unpaired) electrons. The number of benzene rings is 2. The molecule has 4 rings (SSSR count). The molecule has 2 heterocycles. The molecule has 116 valence electrons. The van der Waals surface area contributed by atoms with E-state index in [0.29, 0.717) is 13.1 Å². The van der Waals surface area contributed by atoms with Crippen LogP contribution in [0.1, 0.15) is 27.2 Å². The quantitative estimate of drug-likeness (QED) is 0.727. The maximum atomic E-state index is 12.5. The van der Waals surface area contributed by atoms with Gasteiger partial charge in [-0.25, -0.2) is 0 Å². The number of nitrogens with zero attached hydrogens (tertiary/aromatic N) is 1. The number of nitrogens with one attached hydrogen (secondary N) is 1. The van der Waals surface area contributed by atoms with Crippen molar-refractivity contribution in [3.05, 3.63) is 69.3 Å². The van der Waals surface area contributed by atoms with E-state index in [1.54, 1.807) is 0 Å². The number of hydrogen-bond acceptors (Lipinski definition) is 1. The minimum atomic E-state index is 0.0330. The molecule has 1 aliphatic heterocycles. The summed E-state index contributed by atoms with van der Waals surface area (Å²) in [5.41, 5.74) is 5.55. The first-order chi connectivity index (χ1) is 11.1. The monoisotopic (exact) mass is 368 g/mol. The first-order valence-electron chi connectivity index (χ1n) is 7.78. The Morgan fingerprint density at radius 1 is 1.17 bits per heavy atom. The predicted octanol–water partition coefficient (Wildman–Crippen LogP) is 4.05. The number of amides is 1. The van der Waals surface area contributed by atoms with Crippen LogP contribution in [0.5, 0.6) is 0 Å². The van der Waals surface area contributed by atoms with Gasteiger partial charge in [0, 0.05) is 28.5 Å². The summed E-state index contributed by atoms with van der Waals surface area (Å²) in [5, 5.41) is 4.15. The Hall–Kier alpha value is -2.07. The zero-order chi connectivity index (χ0) is 16.0. The molecule has 1 aliphatic rings. The fourth-order valence-corrected chi connectivity index (χ4v) is 3.70. The van der Waals surface area contributed by atoms with Crippen molar-refractivity contribution < 1.29 is 4.79 Å². The van der Waals surface area contributed by atoms with Crippen molar-refractivity contribution in [3.8, 4) is 0 Å². The van der Waals surface area contributed by atoms with Gasteiger partial charge in [0.2, 0.25) is 0 Å². The predicted molar refractivity (Wildman–Crippen MR) is 96.0 cm³/mol. The lowest BCUT2D eigenvalue weighted by Crippen LogP contribution is -2.33. The van der Waals surface area contributed by atoms with E-state index >= 15 is 0 Å². The highest BCUT2D eigenvalue weighted by atomic mass is 79.9. The molecule has 0 fully saturated rings. The van der Waals surface area contributed by atoms with Crippen LogP contribution in [0.2, 0.25) is 0 Å². The van der Waals surface area contributed by atoms with Crippen LogP contribution in [0.3, 0.4) is 0 Å². The van der Waals surface area contributed by atoms with Crippen LogP contribution in [-0.4, -0.2) is 17.0 Å². The van der Waals surface area contributed by atoms with Gasteiger partial charge in [-0.1, -0.05) is 45.8 Å². The second kappa shape index (κ2) is 5.53. The van der Waals surface area contributed by atoms with Crippen molar-refractivity contribution in [3.63, 3.8) is 0 Å². The van der Waals surface area contributed by atoms with Gasteiger partial charge in [0.15, 0.2) is 0 Å². The molecule has 1 amide bonds. The largest absolute Gasteiger partial charge is 0.350 e. The minimum Gasteiger partial charge on any atom is -0.350 e. The van der Waals surface area contributed by atoms with Crippen LogP contribution < -0.4 is 5.32 Å². The fraction of sp³-hybridized carbons (Fsp3) is 0.211. The van der Waals surface area contributed by atoms with E-state index < -0.39 is 0 Å². The molecule has 0 spiro atoms. The van der Waals surface area contributed by atoms with Gasteiger partial charge < -0.3 is 9.88 Å². The van der Waals surface area contributed by atoms with Crippen molar-refractivity contribution >= 4 is 32.7 Å². The third kappa shape index (κ3) is 2.47. The van der Waals surface area contributed by atoms with Crippen molar-refractivity contribution in [1.29, 1.82) is 0 Å². The summed E-state index contributed by atoms with van der Waals surface area (Å²) in [6.45, 7) is 3.50. The molecule has 3 aromatic rings. The zero-order valence-electron chi connectivity index (χ0n) is 12.9. The number of halogens is 1. The topological polar surface area (TPSA) is 34.0 Å². The summed E-state index contributed by atoms with van der Waals surface area (Å²) in [5.74, 6) is 0.0330. The van der Waals surface area contributed by atoms with E-state index in [2.05, 4.69) is 69.1 Å². The van der Waals surface area contributed by atoms with Crippen LogP contribution in [0.15, 0.2) is 46.9 Å². The Morgan fingerprint density at radius 2 is 1.96 bits per heavy atom. The number of aryl methyl sites for hydroxylation is 1. The van der Waals surface area contributed by atoms with Gasteiger partial charge in [0.25, 0.3) is 5.91 Å². The smallest absolute Gasteiger partial charge is 0.268 e. The lowest BCUT2D eigenvalue weighted by atomic mass is 10.0. The fourth-order valence-electron chi connectivity index (χ4n) is 3.33. The van der Waals surface area contributed by atoms with Gasteiger partial charge in [-0.2, -0.15) is 0 Å². The summed E-state index contributed by atoms with van der Waals surface area (Å²) >= 11 is 3.55. The number of fused-ring (bicyclic) bond motifs is 3. The molecule has 0 aliphatic carbocycles. The molecule has 0 unspecified atom stereocenters. The minimum absolute atomic E-state index is 0.0330. The van der Waals surface area contributed by atoms with Crippen molar-refractivity contribution in [2.75, 3.05) is 6.54 Å². The standard InChI is InChI=1S/C19H17BrN2O/c1-12-2-4-13(5-3-12)11-22-17-7-6-14(20)10-16(17)15-8-9-21-19(23)18(15)22/h2-7,10H,8-9,11H2,1H3,(H,21,23). The second-order valence-corrected chi connectivity index (χ2v) is 6.98. The Morgan fingerprint density at radius 3 is 2.74 bits per heavy atom. The number of carbonyl (C=O) groups is 1. The third-order valence-electron chi connectivity index (χ3n) is 4.47. The van der Waals surface area contributed by atoms with Crippen LogP contribution in [0.25, 0.3) is 10.9 Å². The maximum absolute atomic E-state index is 12.5. The number of hydrogen-bond donors (Lipinski definition) is 1. The van der Waals surface area contributed by atoms with Crippen LogP contribution in [0, 0.1) is 6.92 Å². The number of rotatable bonds is 2. The second-order valence-electron chi connectivity index (χ2n) is 6.07. The molecule has 0 saturated heterocycles. The number of aromatic nitrogens is 1. The summed E-state index contributed by atoms with van der Waals surface area (Å²) in [6, 6.07) is 14.8. The van der Waals surface area contributed by atoms with E-state index in [-0.39, 0.29) is 5.91 Å². The van der Waals surface area contributed by atoms with E-state index in [1.807, 2.05) is 6.07 Å². The van der Waals surface area contributed by atoms with Crippen molar-refractivity contribution in [1.82, 2.24) is 9.88 Å². The van der Waals surface area contributed by atoms with Gasteiger partial charge in [0.1, 0.15) is 5.69 Å². The highest BCUT2D eigenvalue weighted by Crippen LogP contribution is 2.31. The Balaban J connectivity index is 1.92. The molecular formula is C19H17BrN2O. The lowest BCUT2D eigenvalue weighted by molar-refractivity contribution is 0.0937. The highest BCUT2D eigenvalue weighted by molar-refractivity contribution is 9.10. The SMILES string of the molecule is Cc1ccc(Cn2c3c(c4cc(Br)ccc42)CCNC3=O)cc1. The van der Waals surface area contributed by atoms with Crippen LogP contribution >= 0.6 is 15.9 Å². The van der Waals surface area contributed by atoms with Crippen molar-refractivity contribution in [2.24, 2.45) is 0 Å². The third-order valence-corrected chi connectivity index (χ3v) is 4.96. The molecule has 0 bridgehead atoms. The van der Waals surface area contributed by atoms with Gasteiger partial charge in [0.05, 0.1) is 0 Å². The first kappa shape index (κ1) is 14.5. The first-order valence-corrected chi connectivity index (χ1v) is 8.57. The van der Waals surface area contributed by atoms with Crippen LogP contribution in [0.4, 0.5) is 0 Å². The Kier molecular flexibility index (Phi) is 3.49. The van der Waals surface area contributed by atoms with E-state index in [4.69, 9.17) is 0 Å². The van der Waals surface area contributed by atoms with Gasteiger partial charge in [-0.3, -0.25) is 4.79 Å². The molecule has 0 saturated carbocycles. The summed E-state index contributed by atoms with van der Waals surface area (Å²) in [7, 11) is 0. The van der Waals surface area contributed by atoms with Gasteiger partial charge in [-0.05, 0) is 42.7 Å². The zero-order valence-corrected chi connectivity index (χ0v) is 14.5. The molecule has 3 nitrogen and oxygen atoms in total. The lowest BCUT2D eigenvalue weighted by Gasteiger charge is -2.16. The van der Waals surface area contributed by atoms with E-state index in [0.717, 1.165) is 27.7 Å². The van der Waals surface area contributed by atoms with Gasteiger partial charge in [-0.15, -0.1) is 0 Å². The average Bonchev–Trinajstić information content (AvgIpc) is 2.84. The molecule has 4 heteroatoms. The normalized spacial score (nSPS) is 13.9. The maximum Gasteiger partial charge on any atom is 0.268 e. The van der Waals surface area contributed by atoms with Crippen LogP contribution in [-0.2, 0) is 13.0 Å². The molecule has 1 aromatic heterocycles. The Bertz CT molecular complexity index is 909. The van der Waals surface area contributed by atoms with Gasteiger partial charge >= 0.3 is 0 Å². The number of carbonyl (C=O) groups excluding carboxylic acids is 1. The molecule has 1 N–H and O–H groups in total. The highest BCUT2D eigenvalue weighted by Gasteiger charge is 2.25. The van der Waals surface area contributed by atoms with E-state index in [1.165, 1.54) is 16.5 Å². The van der Waals surface area contributed by atoms with Crippen molar-refractivity contribution in [2.45, 2.75) is 19.9 Å². The molecular weight excluding hydrogens is 352 g/mol. The Labute approximate surface area is 143 Å². The molecule has 2 aromatic carbocycles. The average molecular weight is 369 g/mol. The molecule has 23 heavy (non-hydrogen) atoms. The van der Waals surface area contributed by atoms with E-state index in [9.17, 15) is 4.79 Å². The summed E-state index contributed by atoms with van der Waals surface area (Å²) < 4.78 is 3.20. The summed E-state index contributed by atoms with van der Waals surface area (Å²) in [4.78, 5) is 12.5.